The lowest BCUT2D eigenvalue weighted by molar-refractivity contribution is 0.0600. The molecule has 0 saturated carbocycles. The fourth-order valence-corrected chi connectivity index (χ4v) is 4.09. The van der Waals surface area contributed by atoms with E-state index >= 15 is 0 Å². The van der Waals surface area contributed by atoms with Gasteiger partial charge in [-0.3, -0.25) is 0 Å². The van der Waals surface area contributed by atoms with Gasteiger partial charge in [-0.15, -0.1) is 11.3 Å². The highest BCUT2D eigenvalue weighted by Crippen LogP contribution is 2.39. The van der Waals surface area contributed by atoms with Crippen molar-refractivity contribution in [3.8, 4) is 5.75 Å². The number of benzene rings is 1. The van der Waals surface area contributed by atoms with Crippen LogP contribution >= 0.6 is 11.3 Å². The summed E-state index contributed by atoms with van der Waals surface area (Å²) in [4.78, 5) is 20.1. The summed E-state index contributed by atoms with van der Waals surface area (Å²) in [7, 11) is 3.45. The zero-order chi connectivity index (χ0) is 17.3. The van der Waals surface area contributed by atoms with Gasteiger partial charge < -0.3 is 14.7 Å². The second-order valence-electron chi connectivity index (χ2n) is 5.98. The second kappa shape index (κ2) is 6.75. The van der Waals surface area contributed by atoms with Crippen molar-refractivity contribution in [1.82, 2.24) is 4.90 Å². The summed E-state index contributed by atoms with van der Waals surface area (Å²) in [6, 6.07) is 5.34. The fourth-order valence-electron chi connectivity index (χ4n) is 2.83. The van der Waals surface area contributed by atoms with Crippen molar-refractivity contribution in [2.45, 2.75) is 19.9 Å². The lowest BCUT2D eigenvalue weighted by atomic mass is 10.0. The van der Waals surface area contributed by atoms with Crippen molar-refractivity contribution in [3.63, 3.8) is 0 Å². The molecule has 0 spiro atoms. The van der Waals surface area contributed by atoms with Gasteiger partial charge in [0.1, 0.15) is 10.8 Å². The lowest BCUT2D eigenvalue weighted by Gasteiger charge is -2.22. The van der Waals surface area contributed by atoms with E-state index in [0.29, 0.717) is 16.1 Å². The van der Waals surface area contributed by atoms with Crippen molar-refractivity contribution in [1.29, 1.82) is 0 Å². The fraction of sp³-hybridized carbons (Fsp3) is 0.333. The molecule has 6 heteroatoms. The van der Waals surface area contributed by atoms with Gasteiger partial charge in [-0.05, 0) is 38.1 Å². The van der Waals surface area contributed by atoms with Crippen LogP contribution in [-0.2, 0) is 17.7 Å². The van der Waals surface area contributed by atoms with Crippen molar-refractivity contribution in [3.05, 3.63) is 45.3 Å². The minimum absolute atomic E-state index is 0.171. The average Bonchev–Trinajstić information content (AvgIpc) is 2.92. The van der Waals surface area contributed by atoms with E-state index in [2.05, 4.69) is 16.9 Å². The SMILES string of the molecule is COC(=O)c1c(N=Cc2cc(C)ccc2O)sc2c1CCN(C)C2. The molecule has 0 saturated heterocycles. The van der Waals surface area contributed by atoms with E-state index in [1.807, 2.05) is 19.1 Å². The van der Waals surface area contributed by atoms with Crippen molar-refractivity contribution < 1.29 is 14.6 Å². The summed E-state index contributed by atoms with van der Waals surface area (Å²) < 4.78 is 4.95. The Morgan fingerprint density at radius 1 is 1.46 bits per heavy atom. The second-order valence-corrected chi connectivity index (χ2v) is 7.07. The smallest absolute Gasteiger partial charge is 0.341 e. The maximum absolute atomic E-state index is 12.2. The maximum Gasteiger partial charge on any atom is 0.341 e. The molecule has 126 valence electrons. The molecule has 0 radical (unpaired) electrons. The molecule has 0 aliphatic carbocycles. The molecule has 1 aromatic heterocycles. The number of aromatic hydroxyl groups is 1. The van der Waals surface area contributed by atoms with E-state index in [9.17, 15) is 9.90 Å². The number of carbonyl (C=O) groups is 1. The Bertz CT molecular complexity index is 811. The molecule has 0 unspecified atom stereocenters. The minimum atomic E-state index is -0.349. The van der Waals surface area contributed by atoms with Crippen LogP contribution in [0.15, 0.2) is 23.2 Å². The van der Waals surface area contributed by atoms with E-state index in [0.717, 1.165) is 35.5 Å². The van der Waals surface area contributed by atoms with Crippen LogP contribution in [0.4, 0.5) is 5.00 Å². The molecular weight excluding hydrogens is 324 g/mol. The van der Waals surface area contributed by atoms with Gasteiger partial charge in [0.15, 0.2) is 0 Å². The molecule has 1 aliphatic rings. The first kappa shape index (κ1) is 16.7. The number of methoxy groups -OCH3 is 1. The predicted octanol–water partition coefficient (Wildman–Crippen LogP) is 3.29. The summed E-state index contributed by atoms with van der Waals surface area (Å²) in [5, 5.41) is 10.6. The van der Waals surface area contributed by atoms with Crippen LogP contribution < -0.4 is 0 Å². The third-order valence-corrected chi connectivity index (χ3v) is 5.25. The lowest BCUT2D eigenvalue weighted by Crippen LogP contribution is -2.26. The molecule has 24 heavy (non-hydrogen) atoms. The number of nitrogens with zero attached hydrogens (tertiary/aromatic N) is 2. The molecule has 0 bridgehead atoms. The number of ether oxygens (including phenoxy) is 1. The summed E-state index contributed by atoms with van der Waals surface area (Å²) >= 11 is 1.52. The third kappa shape index (κ3) is 3.20. The molecular formula is C18H20N2O3S. The number of thiophene rings is 1. The van der Waals surface area contributed by atoms with E-state index in [-0.39, 0.29) is 11.7 Å². The Labute approximate surface area is 145 Å². The van der Waals surface area contributed by atoms with Gasteiger partial charge in [0.05, 0.1) is 12.7 Å². The van der Waals surface area contributed by atoms with E-state index in [1.165, 1.54) is 18.4 Å². The highest BCUT2D eigenvalue weighted by molar-refractivity contribution is 7.16. The Hall–Kier alpha value is -2.18. The molecule has 1 aliphatic heterocycles. The summed E-state index contributed by atoms with van der Waals surface area (Å²) in [6.45, 7) is 3.68. The number of carbonyl (C=O) groups excluding carboxylic acids is 1. The van der Waals surface area contributed by atoms with Crippen LogP contribution in [0.25, 0.3) is 0 Å². The van der Waals surface area contributed by atoms with Gasteiger partial charge in [-0.25, -0.2) is 9.79 Å². The molecule has 1 N–H and O–H groups in total. The van der Waals surface area contributed by atoms with Gasteiger partial charge in [0.25, 0.3) is 0 Å². The number of phenolic OH excluding ortho intramolecular Hbond substituents is 1. The van der Waals surface area contributed by atoms with Crippen LogP contribution in [0.5, 0.6) is 5.75 Å². The average molecular weight is 344 g/mol. The number of fused-ring (bicyclic) bond motifs is 1. The highest BCUT2D eigenvalue weighted by atomic mass is 32.1. The molecule has 3 rings (SSSR count). The van der Waals surface area contributed by atoms with Crippen molar-refractivity contribution in [2.75, 3.05) is 20.7 Å². The molecule has 2 aromatic rings. The number of rotatable bonds is 3. The van der Waals surface area contributed by atoms with E-state index in [4.69, 9.17) is 4.74 Å². The first-order valence-corrected chi connectivity index (χ1v) is 8.56. The third-order valence-electron chi connectivity index (χ3n) is 4.12. The van der Waals surface area contributed by atoms with Crippen LogP contribution in [0.1, 0.15) is 31.9 Å². The van der Waals surface area contributed by atoms with Gasteiger partial charge in [0.2, 0.25) is 0 Å². The van der Waals surface area contributed by atoms with Crippen LogP contribution in [-0.4, -0.2) is 42.9 Å². The van der Waals surface area contributed by atoms with Crippen LogP contribution in [0.3, 0.4) is 0 Å². The number of likely N-dealkylation sites (N-methyl/N-ethyl adjacent to an activating group) is 1. The van der Waals surface area contributed by atoms with E-state index in [1.54, 1.807) is 12.3 Å². The number of aryl methyl sites for hydroxylation is 1. The Morgan fingerprint density at radius 3 is 3.00 bits per heavy atom. The monoisotopic (exact) mass is 344 g/mol. The molecule has 2 heterocycles. The first-order valence-electron chi connectivity index (χ1n) is 7.74. The summed E-state index contributed by atoms with van der Waals surface area (Å²) in [6.07, 6.45) is 2.42. The van der Waals surface area contributed by atoms with Crippen molar-refractivity contribution in [2.24, 2.45) is 4.99 Å². The Morgan fingerprint density at radius 2 is 2.25 bits per heavy atom. The largest absolute Gasteiger partial charge is 0.507 e. The number of hydrogen-bond donors (Lipinski definition) is 1. The number of phenols is 1. The predicted molar refractivity (Wildman–Crippen MR) is 95.8 cm³/mol. The quantitative estimate of drug-likeness (QED) is 0.685. The topological polar surface area (TPSA) is 62.1 Å². The zero-order valence-electron chi connectivity index (χ0n) is 14.0. The van der Waals surface area contributed by atoms with Gasteiger partial charge >= 0.3 is 5.97 Å². The molecule has 1 aromatic carbocycles. The van der Waals surface area contributed by atoms with Crippen molar-refractivity contribution >= 4 is 28.5 Å². The zero-order valence-corrected chi connectivity index (χ0v) is 14.8. The Kier molecular flexibility index (Phi) is 4.69. The normalized spacial score (nSPS) is 14.8. The van der Waals surface area contributed by atoms with Crippen LogP contribution in [0.2, 0.25) is 0 Å². The molecule has 0 atom stereocenters. The number of esters is 1. The van der Waals surface area contributed by atoms with Crippen LogP contribution in [0, 0.1) is 6.92 Å². The van der Waals surface area contributed by atoms with Gasteiger partial charge in [-0.2, -0.15) is 0 Å². The standard InChI is InChI=1S/C18H20N2O3S/c1-11-4-5-14(21)12(8-11)9-19-17-16(18(22)23-3)13-6-7-20(2)10-15(13)24-17/h4-5,8-9,21H,6-7,10H2,1-3H3. The first-order chi connectivity index (χ1) is 11.5. The molecule has 0 amide bonds. The van der Waals surface area contributed by atoms with Gasteiger partial charge in [-0.1, -0.05) is 11.6 Å². The maximum atomic E-state index is 12.2. The highest BCUT2D eigenvalue weighted by Gasteiger charge is 2.27. The van der Waals surface area contributed by atoms with Gasteiger partial charge in [0, 0.05) is 29.7 Å². The number of hydrogen-bond acceptors (Lipinski definition) is 6. The summed E-state index contributed by atoms with van der Waals surface area (Å²) in [5.74, 6) is -0.178. The molecule has 5 nitrogen and oxygen atoms in total. The summed E-state index contributed by atoms with van der Waals surface area (Å²) in [5.41, 5.74) is 3.28. The van der Waals surface area contributed by atoms with E-state index < -0.39 is 0 Å². The number of aliphatic imine (C=N–C) groups is 1. The molecule has 0 fully saturated rings. The Balaban J connectivity index is 2.02. The minimum Gasteiger partial charge on any atom is -0.507 e.